The molecule has 2 aromatic carbocycles. The van der Waals surface area contributed by atoms with E-state index >= 15 is 0 Å². The molecule has 0 saturated carbocycles. The number of halogens is 4. The lowest BCUT2D eigenvalue weighted by Gasteiger charge is -2.09. The molecule has 0 saturated heterocycles. The molecule has 0 unspecified atom stereocenters. The van der Waals surface area contributed by atoms with E-state index in [1.165, 1.54) is 35.3 Å². The molecule has 0 amide bonds. The van der Waals surface area contributed by atoms with Crippen molar-refractivity contribution in [3.8, 4) is 22.8 Å². The van der Waals surface area contributed by atoms with Gasteiger partial charge in [0.25, 0.3) is 0 Å². The average molecular weight is 431 g/mol. The molecule has 0 aliphatic rings. The largest absolute Gasteiger partial charge is 0.573 e. The van der Waals surface area contributed by atoms with Crippen molar-refractivity contribution in [3.05, 3.63) is 58.4 Å². The van der Waals surface area contributed by atoms with Crippen molar-refractivity contribution in [2.45, 2.75) is 6.36 Å². The zero-order chi connectivity index (χ0) is 16.4. The van der Waals surface area contributed by atoms with E-state index in [0.29, 0.717) is 11.5 Å². The van der Waals surface area contributed by atoms with Gasteiger partial charge in [-0.25, -0.2) is 9.67 Å². The summed E-state index contributed by atoms with van der Waals surface area (Å²) in [5.74, 6) is 0.260. The van der Waals surface area contributed by atoms with Crippen LogP contribution in [0.2, 0.25) is 0 Å². The highest BCUT2D eigenvalue weighted by molar-refractivity contribution is 14.1. The number of hydrogen-bond donors (Lipinski definition) is 0. The maximum atomic E-state index is 12.1. The Morgan fingerprint density at radius 1 is 0.957 bits per heavy atom. The highest BCUT2D eigenvalue weighted by Crippen LogP contribution is 2.24. The van der Waals surface area contributed by atoms with Gasteiger partial charge in [-0.05, 0) is 59.0 Å². The van der Waals surface area contributed by atoms with Crippen molar-refractivity contribution in [3.63, 3.8) is 0 Å². The molecule has 1 heterocycles. The molecule has 0 atom stereocenters. The molecular formula is C15H9F3IN3O. The number of nitrogens with zero attached hydrogens (tertiary/aromatic N) is 3. The van der Waals surface area contributed by atoms with Crippen LogP contribution in [0.15, 0.2) is 54.9 Å². The van der Waals surface area contributed by atoms with Gasteiger partial charge in [-0.3, -0.25) is 0 Å². The summed E-state index contributed by atoms with van der Waals surface area (Å²) in [5, 5.41) is 4.32. The van der Waals surface area contributed by atoms with Gasteiger partial charge in [0.1, 0.15) is 12.1 Å². The van der Waals surface area contributed by atoms with E-state index in [1.807, 2.05) is 24.3 Å². The molecule has 8 heteroatoms. The van der Waals surface area contributed by atoms with E-state index in [4.69, 9.17) is 0 Å². The zero-order valence-corrected chi connectivity index (χ0v) is 13.6. The van der Waals surface area contributed by atoms with Crippen LogP contribution in [0, 0.1) is 3.57 Å². The van der Waals surface area contributed by atoms with Gasteiger partial charge < -0.3 is 4.74 Å². The number of rotatable bonds is 3. The first-order valence-electron chi connectivity index (χ1n) is 6.44. The quantitative estimate of drug-likeness (QED) is 0.576. The molecule has 23 heavy (non-hydrogen) atoms. The Morgan fingerprint density at radius 3 is 2.22 bits per heavy atom. The Balaban J connectivity index is 1.81. The maximum Gasteiger partial charge on any atom is 0.573 e. The van der Waals surface area contributed by atoms with Crippen LogP contribution in [0.1, 0.15) is 0 Å². The van der Waals surface area contributed by atoms with Gasteiger partial charge in [0, 0.05) is 9.13 Å². The molecule has 0 aliphatic heterocycles. The summed E-state index contributed by atoms with van der Waals surface area (Å²) in [6, 6.07) is 13.1. The maximum absolute atomic E-state index is 12.1. The van der Waals surface area contributed by atoms with Gasteiger partial charge in [0.2, 0.25) is 0 Å². The first-order chi connectivity index (χ1) is 10.9. The lowest BCUT2D eigenvalue weighted by molar-refractivity contribution is -0.274. The fraction of sp³-hybridized carbons (Fsp3) is 0.0667. The highest BCUT2D eigenvalue weighted by atomic mass is 127. The molecule has 0 N–H and O–H groups in total. The highest BCUT2D eigenvalue weighted by Gasteiger charge is 2.30. The molecule has 0 bridgehead atoms. The monoisotopic (exact) mass is 431 g/mol. The molecule has 0 radical (unpaired) electrons. The van der Waals surface area contributed by atoms with Crippen LogP contribution in [0.3, 0.4) is 0 Å². The summed E-state index contributed by atoms with van der Waals surface area (Å²) in [7, 11) is 0. The van der Waals surface area contributed by atoms with Gasteiger partial charge in [-0.15, -0.1) is 18.3 Å². The van der Waals surface area contributed by atoms with Gasteiger partial charge in [0.15, 0.2) is 5.82 Å². The predicted molar refractivity (Wildman–Crippen MR) is 86.2 cm³/mol. The Bertz CT molecular complexity index is 798. The lowest BCUT2D eigenvalue weighted by Crippen LogP contribution is -2.17. The van der Waals surface area contributed by atoms with E-state index in [1.54, 1.807) is 0 Å². The summed E-state index contributed by atoms with van der Waals surface area (Å²) in [5.41, 5.74) is 1.45. The Kier molecular flexibility index (Phi) is 4.24. The summed E-state index contributed by atoms with van der Waals surface area (Å²) in [6.07, 6.45) is -3.19. The molecule has 1 aromatic heterocycles. The van der Waals surface area contributed by atoms with Crippen molar-refractivity contribution in [2.24, 2.45) is 0 Å². The van der Waals surface area contributed by atoms with Crippen molar-refractivity contribution in [1.82, 2.24) is 14.8 Å². The van der Waals surface area contributed by atoms with E-state index in [-0.39, 0.29) is 5.75 Å². The standard InChI is InChI=1S/C15H9F3IN3O/c16-15(17,18)23-13-7-5-12(6-8-13)22-9-20-14(21-22)10-1-3-11(19)4-2-10/h1-9H. The molecular weight excluding hydrogens is 422 g/mol. The molecule has 0 aliphatic carbocycles. The fourth-order valence-electron chi connectivity index (χ4n) is 1.92. The van der Waals surface area contributed by atoms with Gasteiger partial charge in [-0.1, -0.05) is 12.1 Å². The second-order valence-corrected chi connectivity index (χ2v) is 5.81. The second kappa shape index (κ2) is 6.19. The molecule has 3 aromatic rings. The molecule has 0 fully saturated rings. The van der Waals surface area contributed by atoms with E-state index in [9.17, 15) is 13.2 Å². The Hall–Kier alpha value is -2.10. The third-order valence-corrected chi connectivity index (χ3v) is 3.65. The summed E-state index contributed by atoms with van der Waals surface area (Å²) in [4.78, 5) is 4.21. The lowest BCUT2D eigenvalue weighted by atomic mass is 10.2. The number of benzene rings is 2. The van der Waals surface area contributed by atoms with Gasteiger partial charge in [0.05, 0.1) is 5.69 Å². The number of alkyl halides is 3. The number of aromatic nitrogens is 3. The van der Waals surface area contributed by atoms with Crippen molar-refractivity contribution in [1.29, 1.82) is 0 Å². The zero-order valence-electron chi connectivity index (χ0n) is 11.5. The van der Waals surface area contributed by atoms with E-state index in [0.717, 1.165) is 9.13 Å². The summed E-state index contributed by atoms with van der Waals surface area (Å²) >= 11 is 2.20. The Labute approximate surface area is 143 Å². The number of hydrogen-bond acceptors (Lipinski definition) is 3. The minimum Gasteiger partial charge on any atom is -0.406 e. The average Bonchev–Trinajstić information content (AvgIpc) is 2.97. The minimum absolute atomic E-state index is 0.278. The molecule has 4 nitrogen and oxygen atoms in total. The first kappa shape index (κ1) is 15.8. The van der Waals surface area contributed by atoms with Crippen LogP contribution in [-0.4, -0.2) is 21.1 Å². The van der Waals surface area contributed by atoms with Gasteiger partial charge in [-0.2, -0.15) is 0 Å². The topological polar surface area (TPSA) is 39.9 Å². The van der Waals surface area contributed by atoms with Crippen LogP contribution >= 0.6 is 22.6 Å². The van der Waals surface area contributed by atoms with Crippen LogP contribution in [0.5, 0.6) is 5.75 Å². The molecule has 118 valence electrons. The van der Waals surface area contributed by atoms with Crippen LogP contribution < -0.4 is 4.74 Å². The minimum atomic E-state index is -4.70. The van der Waals surface area contributed by atoms with Crippen LogP contribution in [-0.2, 0) is 0 Å². The Morgan fingerprint density at radius 2 is 1.61 bits per heavy atom. The van der Waals surface area contributed by atoms with E-state index in [2.05, 4.69) is 37.4 Å². The van der Waals surface area contributed by atoms with E-state index < -0.39 is 6.36 Å². The second-order valence-electron chi connectivity index (χ2n) is 4.56. The summed E-state index contributed by atoms with van der Waals surface area (Å²) in [6.45, 7) is 0. The first-order valence-corrected chi connectivity index (χ1v) is 7.52. The SMILES string of the molecule is FC(F)(F)Oc1ccc(-n2cnc(-c3ccc(I)cc3)n2)cc1. The molecule has 0 spiro atoms. The third-order valence-electron chi connectivity index (χ3n) is 2.93. The molecule has 3 rings (SSSR count). The van der Waals surface area contributed by atoms with Crippen molar-refractivity contribution < 1.29 is 17.9 Å². The van der Waals surface area contributed by atoms with Crippen LogP contribution in [0.25, 0.3) is 17.1 Å². The predicted octanol–water partition coefficient (Wildman–Crippen LogP) is 4.44. The smallest absolute Gasteiger partial charge is 0.406 e. The van der Waals surface area contributed by atoms with Gasteiger partial charge >= 0.3 is 6.36 Å². The third kappa shape index (κ3) is 4.01. The fourth-order valence-corrected chi connectivity index (χ4v) is 2.28. The number of ether oxygens (including phenoxy) is 1. The van der Waals surface area contributed by atoms with Crippen LogP contribution in [0.4, 0.5) is 13.2 Å². The van der Waals surface area contributed by atoms with Crippen molar-refractivity contribution >= 4 is 22.6 Å². The van der Waals surface area contributed by atoms with Crippen molar-refractivity contribution in [2.75, 3.05) is 0 Å². The summed E-state index contributed by atoms with van der Waals surface area (Å²) < 4.78 is 42.8. The normalized spacial score (nSPS) is 11.5.